The summed E-state index contributed by atoms with van der Waals surface area (Å²) in [6, 6.07) is 0. The molecule has 0 radical (unpaired) electrons. The highest BCUT2D eigenvalue weighted by Gasteiger charge is 2.24. The third-order valence-corrected chi connectivity index (χ3v) is 4.14. The summed E-state index contributed by atoms with van der Waals surface area (Å²) in [5.41, 5.74) is 5.67. The molecule has 2 N–H and O–H groups in total. The number of rotatable bonds is 3. The van der Waals surface area contributed by atoms with Crippen LogP contribution in [0.1, 0.15) is 32.6 Å². The summed E-state index contributed by atoms with van der Waals surface area (Å²) < 4.78 is 5.60. The summed E-state index contributed by atoms with van der Waals surface area (Å²) in [5.74, 6) is 1.88. The molecule has 2 fully saturated rings. The lowest BCUT2D eigenvalue weighted by Crippen LogP contribution is -2.47. The van der Waals surface area contributed by atoms with Gasteiger partial charge in [0.05, 0.1) is 12.7 Å². The van der Waals surface area contributed by atoms with Crippen LogP contribution in [0.25, 0.3) is 0 Å². The minimum atomic E-state index is 0.274. The molecule has 1 aliphatic carbocycles. The monoisotopic (exact) mass is 226 g/mol. The number of hydrogen-bond acceptors (Lipinski definition) is 3. The van der Waals surface area contributed by atoms with Crippen molar-refractivity contribution in [3.63, 3.8) is 0 Å². The first-order valence-electron chi connectivity index (χ1n) is 6.82. The molecule has 1 unspecified atom stereocenters. The molecule has 3 heteroatoms. The topological polar surface area (TPSA) is 38.5 Å². The van der Waals surface area contributed by atoms with E-state index in [4.69, 9.17) is 10.5 Å². The van der Waals surface area contributed by atoms with E-state index in [1.54, 1.807) is 0 Å². The van der Waals surface area contributed by atoms with E-state index in [1.807, 2.05) is 0 Å². The van der Waals surface area contributed by atoms with Crippen LogP contribution in [0.2, 0.25) is 0 Å². The van der Waals surface area contributed by atoms with Gasteiger partial charge in [0.1, 0.15) is 0 Å². The van der Waals surface area contributed by atoms with Gasteiger partial charge in [0, 0.05) is 26.2 Å². The van der Waals surface area contributed by atoms with Gasteiger partial charge in [0.2, 0.25) is 0 Å². The van der Waals surface area contributed by atoms with E-state index in [2.05, 4.69) is 11.8 Å². The molecule has 0 spiro atoms. The second kappa shape index (κ2) is 5.99. The SMILES string of the molecule is CC1CCC(CN2CCOC(CN)C2)CC1. The smallest absolute Gasteiger partial charge is 0.0824 e. The number of ether oxygens (including phenoxy) is 1. The molecule has 1 aliphatic heterocycles. The van der Waals surface area contributed by atoms with Gasteiger partial charge in [-0.1, -0.05) is 19.8 Å². The molecule has 0 amide bonds. The lowest BCUT2D eigenvalue weighted by Gasteiger charge is -2.36. The molecule has 1 saturated carbocycles. The minimum absolute atomic E-state index is 0.274. The molecule has 0 aromatic carbocycles. The Labute approximate surface area is 99.3 Å². The molecule has 0 aromatic heterocycles. The van der Waals surface area contributed by atoms with Crippen LogP contribution in [0, 0.1) is 11.8 Å². The average molecular weight is 226 g/mol. The van der Waals surface area contributed by atoms with Crippen molar-refractivity contribution in [2.45, 2.75) is 38.7 Å². The summed E-state index contributed by atoms with van der Waals surface area (Å²) in [5, 5.41) is 0. The number of nitrogens with two attached hydrogens (primary N) is 1. The van der Waals surface area contributed by atoms with Gasteiger partial charge >= 0.3 is 0 Å². The third-order valence-electron chi connectivity index (χ3n) is 4.14. The maximum absolute atomic E-state index is 5.67. The lowest BCUT2D eigenvalue weighted by atomic mass is 9.83. The van der Waals surface area contributed by atoms with Crippen molar-refractivity contribution >= 4 is 0 Å². The zero-order valence-corrected chi connectivity index (χ0v) is 10.5. The highest BCUT2D eigenvalue weighted by Crippen LogP contribution is 2.29. The predicted molar refractivity (Wildman–Crippen MR) is 66.4 cm³/mol. The summed E-state index contributed by atoms with van der Waals surface area (Å²) in [7, 11) is 0. The fourth-order valence-corrected chi connectivity index (χ4v) is 2.97. The Morgan fingerprint density at radius 1 is 1.25 bits per heavy atom. The van der Waals surface area contributed by atoms with Gasteiger partial charge < -0.3 is 10.5 Å². The van der Waals surface area contributed by atoms with Crippen molar-refractivity contribution in [3.05, 3.63) is 0 Å². The normalized spacial score (nSPS) is 37.5. The van der Waals surface area contributed by atoms with Crippen LogP contribution in [0.3, 0.4) is 0 Å². The van der Waals surface area contributed by atoms with Gasteiger partial charge in [0.25, 0.3) is 0 Å². The van der Waals surface area contributed by atoms with E-state index in [0.29, 0.717) is 6.54 Å². The van der Waals surface area contributed by atoms with Crippen LogP contribution < -0.4 is 5.73 Å². The maximum atomic E-state index is 5.67. The van der Waals surface area contributed by atoms with Crippen molar-refractivity contribution in [1.82, 2.24) is 4.90 Å². The van der Waals surface area contributed by atoms with E-state index in [-0.39, 0.29) is 6.10 Å². The predicted octanol–water partition coefficient (Wildman–Crippen LogP) is 1.47. The van der Waals surface area contributed by atoms with Gasteiger partial charge in [-0.05, 0) is 24.7 Å². The second-order valence-corrected chi connectivity index (χ2v) is 5.61. The minimum Gasteiger partial charge on any atom is -0.374 e. The van der Waals surface area contributed by atoms with Crippen LogP contribution in [0.15, 0.2) is 0 Å². The summed E-state index contributed by atoms with van der Waals surface area (Å²) in [4.78, 5) is 2.56. The van der Waals surface area contributed by atoms with Crippen molar-refractivity contribution in [3.8, 4) is 0 Å². The van der Waals surface area contributed by atoms with Gasteiger partial charge in [0.15, 0.2) is 0 Å². The van der Waals surface area contributed by atoms with Crippen LogP contribution in [-0.2, 0) is 4.74 Å². The van der Waals surface area contributed by atoms with Crippen LogP contribution in [0.5, 0.6) is 0 Å². The molecular formula is C13H26N2O. The van der Waals surface area contributed by atoms with E-state index in [9.17, 15) is 0 Å². The molecular weight excluding hydrogens is 200 g/mol. The molecule has 0 bridgehead atoms. The Hall–Kier alpha value is -0.120. The van der Waals surface area contributed by atoms with E-state index in [0.717, 1.165) is 31.5 Å². The first-order chi connectivity index (χ1) is 7.78. The van der Waals surface area contributed by atoms with E-state index < -0.39 is 0 Å². The van der Waals surface area contributed by atoms with Crippen LogP contribution in [-0.4, -0.2) is 43.8 Å². The standard InChI is InChI=1S/C13H26N2O/c1-11-2-4-12(5-3-11)9-15-6-7-16-13(8-14)10-15/h11-13H,2-10,14H2,1H3. The highest BCUT2D eigenvalue weighted by atomic mass is 16.5. The first kappa shape index (κ1) is 12.3. The van der Waals surface area contributed by atoms with Gasteiger partial charge in [-0.2, -0.15) is 0 Å². The van der Waals surface area contributed by atoms with Crippen LogP contribution in [0.4, 0.5) is 0 Å². The van der Waals surface area contributed by atoms with Gasteiger partial charge in [-0.3, -0.25) is 4.90 Å². The summed E-state index contributed by atoms with van der Waals surface area (Å²) >= 11 is 0. The molecule has 94 valence electrons. The van der Waals surface area contributed by atoms with Gasteiger partial charge in [-0.15, -0.1) is 0 Å². The number of nitrogens with zero attached hydrogens (tertiary/aromatic N) is 1. The zero-order chi connectivity index (χ0) is 11.4. The fraction of sp³-hybridized carbons (Fsp3) is 1.00. The van der Waals surface area contributed by atoms with Crippen molar-refractivity contribution in [1.29, 1.82) is 0 Å². The lowest BCUT2D eigenvalue weighted by molar-refractivity contribution is -0.0298. The molecule has 1 heterocycles. The highest BCUT2D eigenvalue weighted by molar-refractivity contribution is 4.77. The maximum Gasteiger partial charge on any atom is 0.0824 e. The summed E-state index contributed by atoms with van der Waals surface area (Å²) in [6.45, 7) is 7.33. The van der Waals surface area contributed by atoms with Crippen LogP contribution >= 0.6 is 0 Å². The summed E-state index contributed by atoms with van der Waals surface area (Å²) in [6.07, 6.45) is 5.97. The molecule has 3 nitrogen and oxygen atoms in total. The quantitative estimate of drug-likeness (QED) is 0.792. The van der Waals surface area contributed by atoms with Gasteiger partial charge in [-0.25, -0.2) is 0 Å². The van der Waals surface area contributed by atoms with Crippen molar-refractivity contribution in [2.24, 2.45) is 17.6 Å². The Kier molecular flexibility index (Phi) is 4.62. The first-order valence-corrected chi connectivity index (χ1v) is 6.82. The molecule has 2 rings (SSSR count). The molecule has 1 saturated heterocycles. The van der Waals surface area contributed by atoms with Crippen molar-refractivity contribution in [2.75, 3.05) is 32.8 Å². The molecule has 2 aliphatic rings. The Morgan fingerprint density at radius 2 is 2.00 bits per heavy atom. The van der Waals surface area contributed by atoms with E-state index >= 15 is 0 Å². The second-order valence-electron chi connectivity index (χ2n) is 5.61. The Bertz CT molecular complexity index is 202. The molecule has 0 aromatic rings. The fourth-order valence-electron chi connectivity index (χ4n) is 2.97. The Morgan fingerprint density at radius 3 is 2.69 bits per heavy atom. The number of morpholine rings is 1. The third kappa shape index (κ3) is 3.44. The number of hydrogen-bond donors (Lipinski definition) is 1. The van der Waals surface area contributed by atoms with Crippen molar-refractivity contribution < 1.29 is 4.74 Å². The zero-order valence-electron chi connectivity index (χ0n) is 10.5. The molecule has 1 atom stereocenters. The Balaban J connectivity index is 1.72. The largest absolute Gasteiger partial charge is 0.374 e. The average Bonchev–Trinajstić information content (AvgIpc) is 2.32. The molecule has 16 heavy (non-hydrogen) atoms. The van der Waals surface area contributed by atoms with E-state index in [1.165, 1.54) is 32.2 Å².